The van der Waals surface area contributed by atoms with Gasteiger partial charge in [-0.3, -0.25) is 9.88 Å². The molecule has 3 fully saturated rings. The maximum atomic E-state index is 4.95. The molecule has 4 aliphatic rings. The second-order valence-corrected chi connectivity index (χ2v) is 11.0. The van der Waals surface area contributed by atoms with Crippen molar-refractivity contribution in [2.24, 2.45) is 5.92 Å². The molecule has 0 aromatic carbocycles. The van der Waals surface area contributed by atoms with Crippen LogP contribution in [0.2, 0.25) is 0 Å². The van der Waals surface area contributed by atoms with Crippen LogP contribution in [-0.4, -0.2) is 71.6 Å². The molecule has 0 spiro atoms. The zero-order valence-electron chi connectivity index (χ0n) is 18.6. The van der Waals surface area contributed by atoms with Crippen LogP contribution in [0.25, 0.3) is 15.8 Å². The zero-order valence-corrected chi connectivity index (χ0v) is 19.5. The molecular formula is C25H35N5S. The number of pyridine rings is 1. The number of nitrogens with zero attached hydrogens (tertiary/aromatic N) is 5. The summed E-state index contributed by atoms with van der Waals surface area (Å²) in [6.45, 7) is 8.48. The summed E-state index contributed by atoms with van der Waals surface area (Å²) >= 11 is 1.86. The van der Waals surface area contributed by atoms with Gasteiger partial charge in [0.25, 0.3) is 0 Å². The molecule has 0 atom stereocenters. The Bertz CT molecular complexity index is 935. The molecule has 1 saturated carbocycles. The van der Waals surface area contributed by atoms with Gasteiger partial charge in [0.1, 0.15) is 5.52 Å². The van der Waals surface area contributed by atoms with E-state index in [-0.39, 0.29) is 0 Å². The molecule has 0 unspecified atom stereocenters. The van der Waals surface area contributed by atoms with Gasteiger partial charge in [-0.05, 0) is 75.6 Å². The van der Waals surface area contributed by atoms with Crippen molar-refractivity contribution in [2.75, 3.05) is 50.7 Å². The second-order valence-electron chi connectivity index (χ2n) is 10.0. The Morgan fingerprint density at radius 1 is 0.968 bits per heavy atom. The highest BCUT2D eigenvalue weighted by atomic mass is 32.1. The Morgan fingerprint density at radius 3 is 2.55 bits per heavy atom. The summed E-state index contributed by atoms with van der Waals surface area (Å²) in [4.78, 5) is 17.6. The van der Waals surface area contributed by atoms with Crippen LogP contribution in [0.15, 0.2) is 18.3 Å². The van der Waals surface area contributed by atoms with Crippen LogP contribution in [0, 0.1) is 5.92 Å². The van der Waals surface area contributed by atoms with Crippen molar-refractivity contribution in [3.63, 3.8) is 0 Å². The highest BCUT2D eigenvalue weighted by Gasteiger charge is 2.27. The highest BCUT2D eigenvalue weighted by Crippen LogP contribution is 2.34. The molecule has 31 heavy (non-hydrogen) atoms. The van der Waals surface area contributed by atoms with Gasteiger partial charge in [-0.25, -0.2) is 4.98 Å². The van der Waals surface area contributed by atoms with Crippen molar-refractivity contribution in [1.29, 1.82) is 0 Å². The van der Waals surface area contributed by atoms with Gasteiger partial charge in [0, 0.05) is 38.8 Å². The Kier molecular flexibility index (Phi) is 5.71. The van der Waals surface area contributed by atoms with E-state index in [0.717, 1.165) is 49.2 Å². The SMILES string of the molecule is C1=C(c2cc3sc(N4CCC(N5CCCCC5)CC4)nc3cn2)CCN(CC2CC2)C1. The van der Waals surface area contributed by atoms with E-state index in [2.05, 4.69) is 26.8 Å². The normalized spacial score (nSPS) is 24.6. The van der Waals surface area contributed by atoms with Gasteiger partial charge in [-0.15, -0.1) is 0 Å². The topological polar surface area (TPSA) is 35.5 Å². The smallest absolute Gasteiger partial charge is 0.186 e. The summed E-state index contributed by atoms with van der Waals surface area (Å²) in [6, 6.07) is 3.08. The quantitative estimate of drug-likeness (QED) is 0.681. The number of rotatable bonds is 5. The van der Waals surface area contributed by atoms with Crippen molar-refractivity contribution in [3.8, 4) is 0 Å². The van der Waals surface area contributed by atoms with Gasteiger partial charge in [-0.2, -0.15) is 0 Å². The predicted octanol–water partition coefficient (Wildman–Crippen LogP) is 4.65. The van der Waals surface area contributed by atoms with Crippen LogP contribution in [0.5, 0.6) is 0 Å². The maximum Gasteiger partial charge on any atom is 0.186 e. The van der Waals surface area contributed by atoms with Gasteiger partial charge in [0.2, 0.25) is 0 Å². The Hall–Kier alpha value is -1.50. The molecule has 2 aromatic rings. The minimum Gasteiger partial charge on any atom is -0.348 e. The van der Waals surface area contributed by atoms with E-state index in [1.165, 1.54) is 86.5 Å². The molecule has 0 radical (unpaired) electrons. The first-order chi connectivity index (χ1) is 15.3. The Labute approximate surface area is 190 Å². The lowest BCUT2D eigenvalue weighted by molar-refractivity contribution is 0.141. The van der Waals surface area contributed by atoms with Crippen LogP contribution in [0.1, 0.15) is 57.1 Å². The molecule has 0 amide bonds. The largest absolute Gasteiger partial charge is 0.348 e. The molecule has 0 bridgehead atoms. The van der Waals surface area contributed by atoms with Crippen molar-refractivity contribution >= 4 is 32.3 Å². The third-order valence-electron chi connectivity index (χ3n) is 7.74. The first kappa shape index (κ1) is 20.1. The first-order valence-corrected chi connectivity index (χ1v) is 13.3. The molecule has 0 N–H and O–H groups in total. The minimum absolute atomic E-state index is 0.789. The van der Waals surface area contributed by atoms with Crippen LogP contribution < -0.4 is 4.90 Å². The van der Waals surface area contributed by atoms with Crippen molar-refractivity contribution in [3.05, 3.63) is 24.0 Å². The van der Waals surface area contributed by atoms with Gasteiger partial charge < -0.3 is 9.80 Å². The molecule has 6 heteroatoms. The molecule has 166 valence electrons. The van der Waals surface area contributed by atoms with E-state index >= 15 is 0 Å². The summed E-state index contributed by atoms with van der Waals surface area (Å²) in [5.74, 6) is 0.977. The summed E-state index contributed by atoms with van der Waals surface area (Å²) in [7, 11) is 0. The molecule has 1 aliphatic carbocycles. The zero-order chi connectivity index (χ0) is 20.6. The summed E-state index contributed by atoms with van der Waals surface area (Å²) < 4.78 is 1.29. The molecule has 6 rings (SSSR count). The van der Waals surface area contributed by atoms with Gasteiger partial charge in [0.15, 0.2) is 5.13 Å². The van der Waals surface area contributed by atoms with E-state index < -0.39 is 0 Å². The number of anilines is 1. The number of hydrogen-bond acceptors (Lipinski definition) is 6. The molecule has 5 heterocycles. The predicted molar refractivity (Wildman–Crippen MR) is 130 cm³/mol. The summed E-state index contributed by atoms with van der Waals surface area (Å²) in [5.41, 5.74) is 3.65. The lowest BCUT2D eigenvalue weighted by Crippen LogP contribution is -2.46. The number of aromatic nitrogens is 2. The van der Waals surface area contributed by atoms with Crippen LogP contribution in [-0.2, 0) is 0 Å². The average molecular weight is 438 g/mol. The van der Waals surface area contributed by atoms with Crippen LogP contribution in [0.4, 0.5) is 5.13 Å². The molecule has 3 aliphatic heterocycles. The second kappa shape index (κ2) is 8.80. The van der Waals surface area contributed by atoms with E-state index in [1.807, 2.05) is 17.5 Å². The van der Waals surface area contributed by atoms with Crippen molar-refractivity contribution in [2.45, 2.75) is 57.4 Å². The minimum atomic E-state index is 0.789. The molecule has 5 nitrogen and oxygen atoms in total. The standard InChI is InChI=1S/C25H35N5S/c1-2-10-29(11-3-1)21-8-14-30(15-9-21)25-27-23-17-26-22(16-24(23)31-25)20-6-12-28(13-7-20)18-19-4-5-19/h6,16-17,19,21H,1-5,7-15,18H2. The number of thiazole rings is 1. The van der Waals surface area contributed by atoms with Crippen LogP contribution >= 0.6 is 11.3 Å². The van der Waals surface area contributed by atoms with Gasteiger partial charge >= 0.3 is 0 Å². The Balaban J connectivity index is 1.11. The highest BCUT2D eigenvalue weighted by molar-refractivity contribution is 7.22. The average Bonchev–Trinajstić information content (AvgIpc) is 3.54. The Morgan fingerprint density at radius 2 is 1.81 bits per heavy atom. The lowest BCUT2D eigenvalue weighted by Gasteiger charge is -2.40. The molecule has 2 saturated heterocycles. The number of piperidine rings is 2. The monoisotopic (exact) mass is 437 g/mol. The number of hydrogen-bond donors (Lipinski definition) is 0. The summed E-state index contributed by atoms with van der Waals surface area (Å²) in [6.07, 6.45) is 15.2. The van der Waals surface area contributed by atoms with Crippen molar-refractivity contribution in [1.82, 2.24) is 19.8 Å². The van der Waals surface area contributed by atoms with Crippen molar-refractivity contribution < 1.29 is 0 Å². The fourth-order valence-corrected chi connectivity index (χ4v) is 6.64. The molecular weight excluding hydrogens is 402 g/mol. The fourth-order valence-electron chi connectivity index (χ4n) is 5.61. The summed E-state index contributed by atoms with van der Waals surface area (Å²) in [5, 5.41) is 1.19. The van der Waals surface area contributed by atoms with Gasteiger partial charge in [-0.1, -0.05) is 23.8 Å². The fraction of sp³-hybridized carbons (Fsp3) is 0.680. The lowest BCUT2D eigenvalue weighted by atomic mass is 10.0. The third kappa shape index (κ3) is 4.53. The number of fused-ring (bicyclic) bond motifs is 1. The van der Waals surface area contributed by atoms with Gasteiger partial charge in [0.05, 0.1) is 16.6 Å². The maximum absolute atomic E-state index is 4.95. The van der Waals surface area contributed by atoms with E-state index in [1.54, 1.807) is 0 Å². The first-order valence-electron chi connectivity index (χ1n) is 12.5. The molecule has 2 aromatic heterocycles. The number of likely N-dealkylation sites (tertiary alicyclic amines) is 1. The van der Waals surface area contributed by atoms with Crippen LogP contribution in [0.3, 0.4) is 0 Å². The van der Waals surface area contributed by atoms with E-state index in [0.29, 0.717) is 0 Å². The third-order valence-corrected chi connectivity index (χ3v) is 8.82. The van der Waals surface area contributed by atoms with E-state index in [4.69, 9.17) is 9.97 Å². The van der Waals surface area contributed by atoms with E-state index in [9.17, 15) is 0 Å².